The third-order valence-corrected chi connectivity index (χ3v) is 3.78. The van der Waals surface area contributed by atoms with Gasteiger partial charge in [0.25, 0.3) is 5.91 Å². The van der Waals surface area contributed by atoms with Crippen molar-refractivity contribution in [3.63, 3.8) is 0 Å². The SMILES string of the molecule is CCCCC(CN)NC(=O)c1cccc(-n2ccc(C(F)(F)F)n2)c1.Cl. The smallest absolute Gasteiger partial charge is 0.348 e. The molecule has 0 aliphatic rings. The topological polar surface area (TPSA) is 72.9 Å². The van der Waals surface area contributed by atoms with Gasteiger partial charge in [0.2, 0.25) is 0 Å². The van der Waals surface area contributed by atoms with Gasteiger partial charge in [-0.2, -0.15) is 18.3 Å². The van der Waals surface area contributed by atoms with Crippen molar-refractivity contribution in [2.75, 3.05) is 6.54 Å². The zero-order valence-electron chi connectivity index (χ0n) is 14.3. The highest BCUT2D eigenvalue weighted by molar-refractivity contribution is 5.94. The van der Waals surface area contributed by atoms with Gasteiger partial charge in [-0.05, 0) is 30.7 Å². The number of hydrogen-bond donors (Lipinski definition) is 2. The van der Waals surface area contributed by atoms with Gasteiger partial charge >= 0.3 is 6.18 Å². The maximum atomic E-state index is 12.7. The van der Waals surface area contributed by atoms with Gasteiger partial charge in [0, 0.05) is 24.3 Å². The van der Waals surface area contributed by atoms with E-state index in [1.807, 2.05) is 0 Å². The lowest BCUT2D eigenvalue weighted by Crippen LogP contribution is -2.40. The second-order valence-corrected chi connectivity index (χ2v) is 5.74. The lowest BCUT2D eigenvalue weighted by molar-refractivity contribution is -0.141. The van der Waals surface area contributed by atoms with Crippen molar-refractivity contribution in [1.29, 1.82) is 0 Å². The normalized spacial score (nSPS) is 12.3. The minimum atomic E-state index is -4.51. The molecule has 1 unspecified atom stereocenters. The van der Waals surface area contributed by atoms with Gasteiger partial charge in [-0.1, -0.05) is 25.8 Å². The van der Waals surface area contributed by atoms with Crippen LogP contribution in [0.2, 0.25) is 0 Å². The zero-order valence-corrected chi connectivity index (χ0v) is 15.1. The fourth-order valence-electron chi connectivity index (χ4n) is 2.38. The van der Waals surface area contributed by atoms with Gasteiger partial charge in [-0.3, -0.25) is 4.79 Å². The van der Waals surface area contributed by atoms with Crippen LogP contribution in [0, 0.1) is 0 Å². The summed E-state index contributed by atoms with van der Waals surface area (Å²) in [6, 6.07) is 7.04. The molecular weight excluding hydrogens is 369 g/mol. The van der Waals surface area contributed by atoms with E-state index in [0.29, 0.717) is 17.8 Å². The van der Waals surface area contributed by atoms with Crippen LogP contribution in [0.1, 0.15) is 42.2 Å². The predicted octanol–water partition coefficient (Wildman–Crippen LogP) is 3.56. The molecule has 1 atom stereocenters. The summed E-state index contributed by atoms with van der Waals surface area (Å²) in [5.74, 6) is -0.309. The number of nitrogens with one attached hydrogen (secondary N) is 1. The van der Waals surface area contributed by atoms with Crippen molar-refractivity contribution >= 4 is 18.3 Å². The number of amides is 1. The minimum Gasteiger partial charge on any atom is -0.348 e. The molecule has 144 valence electrons. The van der Waals surface area contributed by atoms with Crippen molar-refractivity contribution in [2.24, 2.45) is 5.73 Å². The van der Waals surface area contributed by atoms with Crippen LogP contribution in [0.15, 0.2) is 36.5 Å². The van der Waals surface area contributed by atoms with E-state index in [9.17, 15) is 18.0 Å². The van der Waals surface area contributed by atoms with E-state index in [1.54, 1.807) is 18.2 Å². The van der Waals surface area contributed by atoms with Crippen molar-refractivity contribution in [2.45, 2.75) is 38.4 Å². The van der Waals surface area contributed by atoms with Crippen LogP contribution in [0.4, 0.5) is 13.2 Å². The second kappa shape index (κ2) is 9.59. The first-order chi connectivity index (χ1) is 11.8. The highest BCUT2D eigenvalue weighted by atomic mass is 35.5. The summed E-state index contributed by atoms with van der Waals surface area (Å²) in [4.78, 5) is 12.3. The number of alkyl halides is 3. The lowest BCUT2D eigenvalue weighted by atomic mass is 10.1. The van der Waals surface area contributed by atoms with E-state index in [4.69, 9.17) is 5.73 Å². The van der Waals surface area contributed by atoms with Crippen molar-refractivity contribution in [1.82, 2.24) is 15.1 Å². The zero-order chi connectivity index (χ0) is 18.4. The number of carbonyl (C=O) groups is 1. The Kier molecular flexibility index (Phi) is 8.10. The van der Waals surface area contributed by atoms with Crippen molar-refractivity contribution < 1.29 is 18.0 Å². The molecule has 9 heteroatoms. The van der Waals surface area contributed by atoms with E-state index < -0.39 is 11.9 Å². The Labute approximate surface area is 156 Å². The number of carbonyl (C=O) groups excluding carboxylic acids is 1. The van der Waals surface area contributed by atoms with Gasteiger partial charge in [0.1, 0.15) is 0 Å². The fraction of sp³-hybridized carbons (Fsp3) is 0.412. The summed E-state index contributed by atoms with van der Waals surface area (Å²) >= 11 is 0. The molecule has 0 saturated heterocycles. The quantitative estimate of drug-likeness (QED) is 0.759. The first-order valence-electron chi connectivity index (χ1n) is 8.09. The van der Waals surface area contributed by atoms with E-state index in [-0.39, 0.29) is 24.4 Å². The van der Waals surface area contributed by atoms with Crippen LogP contribution in [0.5, 0.6) is 0 Å². The second-order valence-electron chi connectivity index (χ2n) is 5.74. The molecule has 0 aliphatic carbocycles. The number of benzene rings is 1. The standard InChI is InChI=1S/C17H21F3N4O.ClH/c1-2-3-6-13(11-21)22-16(25)12-5-4-7-14(10-12)24-9-8-15(23-24)17(18,19)20;/h4-5,7-10,13H,2-3,6,11,21H2,1H3,(H,22,25);1H. The van der Waals surface area contributed by atoms with Crippen molar-refractivity contribution in [3.8, 4) is 5.69 Å². The molecule has 5 nitrogen and oxygen atoms in total. The summed E-state index contributed by atoms with van der Waals surface area (Å²) in [7, 11) is 0. The first-order valence-corrected chi connectivity index (χ1v) is 8.09. The largest absolute Gasteiger partial charge is 0.435 e. The monoisotopic (exact) mass is 390 g/mol. The van der Waals surface area contributed by atoms with E-state index >= 15 is 0 Å². The Balaban J connectivity index is 0.00000338. The molecule has 1 aromatic heterocycles. The minimum absolute atomic E-state index is 0. The van der Waals surface area contributed by atoms with Gasteiger partial charge in [0.05, 0.1) is 5.69 Å². The van der Waals surface area contributed by atoms with Crippen LogP contribution in [-0.2, 0) is 6.18 Å². The van der Waals surface area contributed by atoms with Gasteiger partial charge in [-0.15, -0.1) is 12.4 Å². The van der Waals surface area contributed by atoms with E-state index in [0.717, 1.165) is 30.0 Å². The Morgan fingerprint density at radius 2 is 2.08 bits per heavy atom. The average Bonchev–Trinajstić information content (AvgIpc) is 3.09. The number of rotatable bonds is 7. The third kappa shape index (κ3) is 5.74. The number of nitrogens with two attached hydrogens (primary N) is 1. The molecule has 0 bridgehead atoms. The molecule has 0 saturated carbocycles. The molecule has 3 N–H and O–H groups in total. The molecule has 0 radical (unpaired) electrons. The number of halogens is 4. The molecule has 1 amide bonds. The average molecular weight is 391 g/mol. The van der Waals surface area contributed by atoms with E-state index in [1.165, 1.54) is 12.3 Å². The predicted molar refractivity (Wildman–Crippen MR) is 95.6 cm³/mol. The Hall–Kier alpha value is -2.06. The molecule has 0 aliphatic heterocycles. The van der Waals surface area contributed by atoms with E-state index in [2.05, 4.69) is 17.3 Å². The molecule has 0 spiro atoms. The third-order valence-electron chi connectivity index (χ3n) is 3.78. The van der Waals surface area contributed by atoms with Crippen LogP contribution < -0.4 is 11.1 Å². The number of hydrogen-bond acceptors (Lipinski definition) is 3. The van der Waals surface area contributed by atoms with Crippen LogP contribution >= 0.6 is 12.4 Å². The highest BCUT2D eigenvalue weighted by Crippen LogP contribution is 2.27. The lowest BCUT2D eigenvalue weighted by Gasteiger charge is -2.16. The number of aromatic nitrogens is 2. The highest BCUT2D eigenvalue weighted by Gasteiger charge is 2.33. The molecule has 1 aromatic carbocycles. The molecule has 0 fully saturated rings. The summed E-state index contributed by atoms with van der Waals surface area (Å²) in [6.07, 6.45) is -0.553. The molecule has 2 rings (SSSR count). The van der Waals surface area contributed by atoms with Crippen LogP contribution in [-0.4, -0.2) is 28.3 Å². The van der Waals surface area contributed by atoms with Crippen LogP contribution in [0.25, 0.3) is 5.69 Å². The number of unbranched alkanes of at least 4 members (excludes halogenated alkanes) is 1. The van der Waals surface area contributed by atoms with Gasteiger partial charge in [0.15, 0.2) is 5.69 Å². The Morgan fingerprint density at radius 1 is 1.35 bits per heavy atom. The summed E-state index contributed by atoms with van der Waals surface area (Å²) < 4.78 is 39.1. The first kappa shape index (κ1) is 22.0. The summed E-state index contributed by atoms with van der Waals surface area (Å²) in [5.41, 5.74) is 5.41. The molecule has 26 heavy (non-hydrogen) atoms. The maximum absolute atomic E-state index is 12.7. The maximum Gasteiger partial charge on any atom is 0.435 e. The fourth-order valence-corrected chi connectivity index (χ4v) is 2.38. The molecular formula is C17H22ClF3N4O. The van der Waals surface area contributed by atoms with Crippen molar-refractivity contribution in [3.05, 3.63) is 47.8 Å². The van der Waals surface area contributed by atoms with Crippen LogP contribution in [0.3, 0.4) is 0 Å². The van der Waals surface area contributed by atoms with Gasteiger partial charge in [-0.25, -0.2) is 4.68 Å². The molecule has 1 heterocycles. The summed E-state index contributed by atoms with van der Waals surface area (Å²) in [6.45, 7) is 2.39. The number of nitrogens with zero attached hydrogens (tertiary/aromatic N) is 2. The van der Waals surface area contributed by atoms with Gasteiger partial charge < -0.3 is 11.1 Å². The molecule has 2 aromatic rings. The Bertz CT molecular complexity index is 718. The Morgan fingerprint density at radius 3 is 2.65 bits per heavy atom. The summed E-state index contributed by atoms with van der Waals surface area (Å²) in [5, 5.41) is 6.36.